The van der Waals surface area contributed by atoms with Gasteiger partial charge in [0, 0.05) is 12.2 Å². The molecule has 0 unspecified atom stereocenters. The van der Waals surface area contributed by atoms with E-state index >= 15 is 0 Å². The molecule has 2 rings (SSSR count). The zero-order valence-corrected chi connectivity index (χ0v) is 24.4. The van der Waals surface area contributed by atoms with E-state index in [1.165, 1.54) is 24.0 Å². The third-order valence-corrected chi connectivity index (χ3v) is 8.18. The standard InChI is InChI=1S/C29H41N5O6S/c1-22-13-15-26(16-14-22)41(39,40)32-19-9-7-17-29(31,21-36)28(38)33-23(2)27(37)34(24-10-4-3-5-11-24)25(20-35)12-6-8-18-30/h3-5,10-11,13-16,20-21,23,25,32H,6-9,12,17-19,30-31H2,1-2H3,(H,33,38)/t23-,25-,29-/m0/s1. The molecule has 0 aliphatic rings. The van der Waals surface area contributed by atoms with E-state index in [1.807, 2.05) is 6.92 Å². The maximum atomic E-state index is 13.5. The van der Waals surface area contributed by atoms with Crippen molar-refractivity contribution < 1.29 is 27.6 Å². The Morgan fingerprint density at radius 2 is 1.66 bits per heavy atom. The Balaban J connectivity index is 2.00. The quantitative estimate of drug-likeness (QED) is 0.115. The summed E-state index contributed by atoms with van der Waals surface area (Å²) in [6.45, 7) is 3.86. The largest absolute Gasteiger partial charge is 0.343 e. The molecule has 0 spiro atoms. The Hall–Kier alpha value is -3.45. The number of carbonyl (C=O) groups is 4. The lowest BCUT2D eigenvalue weighted by molar-refractivity contribution is -0.134. The molecular weight excluding hydrogens is 546 g/mol. The average Bonchev–Trinajstić information content (AvgIpc) is 2.96. The van der Waals surface area contributed by atoms with Crippen molar-refractivity contribution in [2.75, 3.05) is 18.0 Å². The minimum absolute atomic E-state index is 0.0616. The van der Waals surface area contributed by atoms with Crippen molar-refractivity contribution in [3.63, 3.8) is 0 Å². The maximum absolute atomic E-state index is 13.5. The minimum Gasteiger partial charge on any atom is -0.343 e. The van der Waals surface area contributed by atoms with Gasteiger partial charge in [0.2, 0.25) is 21.8 Å². The summed E-state index contributed by atoms with van der Waals surface area (Å²) >= 11 is 0. The fourth-order valence-electron chi connectivity index (χ4n) is 4.20. The molecule has 0 saturated heterocycles. The zero-order chi connectivity index (χ0) is 30.5. The van der Waals surface area contributed by atoms with Crippen molar-refractivity contribution in [3.8, 4) is 0 Å². The van der Waals surface area contributed by atoms with Crippen LogP contribution in [0, 0.1) is 6.92 Å². The van der Waals surface area contributed by atoms with Gasteiger partial charge in [-0.1, -0.05) is 35.9 Å². The van der Waals surface area contributed by atoms with Gasteiger partial charge < -0.3 is 31.3 Å². The van der Waals surface area contributed by atoms with Crippen LogP contribution < -0.4 is 26.4 Å². The number of para-hydroxylation sites is 1. The van der Waals surface area contributed by atoms with Crippen molar-refractivity contribution in [2.45, 2.75) is 74.9 Å². The molecule has 0 heterocycles. The summed E-state index contributed by atoms with van der Waals surface area (Å²) < 4.78 is 27.4. The van der Waals surface area contributed by atoms with Crippen molar-refractivity contribution in [1.82, 2.24) is 10.0 Å². The number of hydrogen-bond acceptors (Lipinski definition) is 8. The maximum Gasteiger partial charge on any atom is 0.249 e. The predicted molar refractivity (Wildman–Crippen MR) is 157 cm³/mol. The molecule has 0 aliphatic carbocycles. The lowest BCUT2D eigenvalue weighted by atomic mass is 9.94. The molecule has 0 radical (unpaired) electrons. The summed E-state index contributed by atoms with van der Waals surface area (Å²) in [6.07, 6.45) is 3.27. The van der Waals surface area contributed by atoms with Crippen LogP contribution in [0.2, 0.25) is 0 Å². The van der Waals surface area contributed by atoms with Crippen LogP contribution in [0.3, 0.4) is 0 Å². The predicted octanol–water partition coefficient (Wildman–Crippen LogP) is 1.57. The molecule has 0 bridgehead atoms. The number of unbranched alkanes of at least 4 members (excludes halogenated alkanes) is 2. The van der Waals surface area contributed by atoms with Crippen LogP contribution in [0.25, 0.3) is 0 Å². The summed E-state index contributed by atoms with van der Waals surface area (Å²) in [6, 6.07) is 13.2. The van der Waals surface area contributed by atoms with E-state index in [0.29, 0.717) is 50.5 Å². The lowest BCUT2D eigenvalue weighted by Crippen LogP contribution is -2.60. The average molecular weight is 588 g/mol. The van der Waals surface area contributed by atoms with Gasteiger partial charge in [-0.15, -0.1) is 0 Å². The van der Waals surface area contributed by atoms with E-state index in [1.54, 1.807) is 42.5 Å². The molecular formula is C29H41N5O6S. The fraction of sp³-hybridized carbons (Fsp3) is 0.448. The van der Waals surface area contributed by atoms with Gasteiger partial charge >= 0.3 is 0 Å². The summed E-state index contributed by atoms with van der Waals surface area (Å²) in [5.74, 6) is -1.37. The van der Waals surface area contributed by atoms with E-state index in [2.05, 4.69) is 10.0 Å². The smallest absolute Gasteiger partial charge is 0.249 e. The fourth-order valence-corrected chi connectivity index (χ4v) is 5.28. The lowest BCUT2D eigenvalue weighted by Gasteiger charge is -2.32. The van der Waals surface area contributed by atoms with Crippen LogP contribution in [0.5, 0.6) is 0 Å². The first-order valence-electron chi connectivity index (χ1n) is 13.6. The number of benzene rings is 2. The second kappa shape index (κ2) is 16.1. The number of aryl methyl sites for hydroxylation is 1. The number of amides is 2. The van der Waals surface area contributed by atoms with Crippen LogP contribution in [0.1, 0.15) is 51.0 Å². The van der Waals surface area contributed by atoms with Crippen LogP contribution in [-0.4, -0.2) is 63.5 Å². The Morgan fingerprint density at radius 3 is 2.24 bits per heavy atom. The molecule has 3 atom stereocenters. The molecule has 2 aromatic carbocycles. The monoisotopic (exact) mass is 587 g/mol. The van der Waals surface area contributed by atoms with Crippen LogP contribution in [-0.2, 0) is 29.2 Å². The van der Waals surface area contributed by atoms with Crippen LogP contribution in [0.4, 0.5) is 5.69 Å². The molecule has 0 saturated carbocycles. The number of sulfonamides is 1. The van der Waals surface area contributed by atoms with E-state index in [0.717, 1.165) is 5.56 Å². The molecule has 0 fully saturated rings. The van der Waals surface area contributed by atoms with Gasteiger partial charge in [0.1, 0.15) is 18.6 Å². The second-order valence-corrected chi connectivity index (χ2v) is 11.8. The van der Waals surface area contributed by atoms with Gasteiger partial charge in [-0.25, -0.2) is 13.1 Å². The SMILES string of the molecule is Cc1ccc(S(=O)(=O)NCCCC[C@](N)(C=O)C(=O)N[C@@H](C)C(=O)N(c2ccccc2)[C@H](C=O)CCCCN)cc1. The van der Waals surface area contributed by atoms with Crippen molar-refractivity contribution in [2.24, 2.45) is 11.5 Å². The number of hydrogen-bond donors (Lipinski definition) is 4. The third-order valence-electron chi connectivity index (χ3n) is 6.71. The second-order valence-electron chi connectivity index (χ2n) is 10.1. The van der Waals surface area contributed by atoms with Crippen molar-refractivity contribution in [3.05, 3.63) is 60.2 Å². The molecule has 2 aromatic rings. The summed E-state index contributed by atoms with van der Waals surface area (Å²) in [5, 5.41) is 2.53. The van der Waals surface area contributed by atoms with Gasteiger partial charge in [0.05, 0.1) is 10.9 Å². The Morgan fingerprint density at radius 1 is 1.00 bits per heavy atom. The zero-order valence-electron chi connectivity index (χ0n) is 23.6. The highest BCUT2D eigenvalue weighted by atomic mass is 32.2. The molecule has 0 aliphatic heterocycles. The third kappa shape index (κ3) is 9.85. The number of nitrogens with two attached hydrogens (primary N) is 2. The highest BCUT2D eigenvalue weighted by Gasteiger charge is 2.36. The van der Waals surface area contributed by atoms with Crippen LogP contribution in [0.15, 0.2) is 59.5 Å². The first-order valence-corrected chi connectivity index (χ1v) is 15.1. The number of anilines is 1. The summed E-state index contributed by atoms with van der Waals surface area (Å²) in [5.41, 5.74) is 11.2. The van der Waals surface area contributed by atoms with Gasteiger partial charge in [-0.2, -0.15) is 0 Å². The number of nitrogens with one attached hydrogen (secondary N) is 2. The molecule has 11 nitrogen and oxygen atoms in total. The Labute approximate surface area is 242 Å². The van der Waals surface area contributed by atoms with E-state index in [-0.39, 0.29) is 24.3 Å². The molecule has 0 aromatic heterocycles. The Kier molecular flexibility index (Phi) is 13.3. The first-order chi connectivity index (χ1) is 19.5. The topological polar surface area (TPSA) is 182 Å². The highest BCUT2D eigenvalue weighted by molar-refractivity contribution is 7.89. The molecule has 41 heavy (non-hydrogen) atoms. The number of nitrogens with zero attached hydrogens (tertiary/aromatic N) is 1. The van der Waals surface area contributed by atoms with Gasteiger partial charge in [-0.05, 0) is 83.2 Å². The number of carbonyl (C=O) groups excluding carboxylic acids is 4. The van der Waals surface area contributed by atoms with Crippen molar-refractivity contribution in [1.29, 1.82) is 0 Å². The Bertz CT molecular complexity index is 1260. The molecule has 224 valence electrons. The van der Waals surface area contributed by atoms with Gasteiger partial charge in [-0.3, -0.25) is 9.59 Å². The highest BCUT2D eigenvalue weighted by Crippen LogP contribution is 2.21. The molecule has 2 amide bonds. The summed E-state index contributed by atoms with van der Waals surface area (Å²) in [4.78, 5) is 51.8. The molecule has 12 heteroatoms. The summed E-state index contributed by atoms with van der Waals surface area (Å²) in [7, 11) is -3.69. The van der Waals surface area contributed by atoms with Gasteiger partial charge in [0.15, 0.2) is 5.54 Å². The van der Waals surface area contributed by atoms with Crippen LogP contribution >= 0.6 is 0 Å². The normalized spacial score (nSPS) is 14.3. The van der Waals surface area contributed by atoms with Gasteiger partial charge in [0.25, 0.3) is 0 Å². The van der Waals surface area contributed by atoms with E-state index < -0.39 is 39.5 Å². The van der Waals surface area contributed by atoms with Crippen molar-refractivity contribution >= 4 is 40.1 Å². The molecule has 6 N–H and O–H groups in total. The number of aldehydes is 2. The van der Waals surface area contributed by atoms with E-state index in [9.17, 15) is 27.6 Å². The number of rotatable bonds is 18. The van der Waals surface area contributed by atoms with E-state index in [4.69, 9.17) is 11.5 Å². The first kappa shape index (κ1) is 33.8. The minimum atomic E-state index is -3.69.